The van der Waals surface area contributed by atoms with E-state index in [4.69, 9.17) is 5.11 Å². The first kappa shape index (κ1) is 13.2. The standard InChI is InChI=1S/C13H16N4O2/c1-9(12-16-15-8-17(12)2)14-7-10-3-5-11(6-4-10)13(18)19/h3-6,8-9,14H,7H2,1-2H3,(H,18,19). The highest BCUT2D eigenvalue weighted by Gasteiger charge is 2.10. The molecule has 0 radical (unpaired) electrons. The smallest absolute Gasteiger partial charge is 0.335 e. The Morgan fingerprint density at radius 3 is 2.63 bits per heavy atom. The summed E-state index contributed by atoms with van der Waals surface area (Å²) < 4.78 is 1.87. The first-order valence-corrected chi connectivity index (χ1v) is 5.97. The summed E-state index contributed by atoms with van der Waals surface area (Å²) >= 11 is 0. The maximum atomic E-state index is 10.7. The van der Waals surface area contributed by atoms with Gasteiger partial charge in [0.05, 0.1) is 11.6 Å². The van der Waals surface area contributed by atoms with Crippen LogP contribution in [0.4, 0.5) is 0 Å². The molecule has 0 aliphatic heterocycles. The van der Waals surface area contributed by atoms with Crippen molar-refractivity contribution in [3.63, 3.8) is 0 Å². The van der Waals surface area contributed by atoms with Crippen molar-refractivity contribution < 1.29 is 9.90 Å². The van der Waals surface area contributed by atoms with Gasteiger partial charge in [0.15, 0.2) is 0 Å². The number of benzene rings is 1. The molecule has 6 nitrogen and oxygen atoms in total. The Kier molecular flexibility index (Phi) is 3.91. The molecule has 0 saturated heterocycles. The summed E-state index contributed by atoms with van der Waals surface area (Å²) in [5.41, 5.74) is 1.32. The molecule has 0 bridgehead atoms. The van der Waals surface area contributed by atoms with Crippen LogP contribution in [-0.4, -0.2) is 25.8 Å². The van der Waals surface area contributed by atoms with Crippen LogP contribution in [0.1, 0.15) is 34.7 Å². The Morgan fingerprint density at radius 1 is 1.42 bits per heavy atom. The summed E-state index contributed by atoms with van der Waals surface area (Å²) in [6.07, 6.45) is 1.66. The number of nitrogens with zero attached hydrogens (tertiary/aromatic N) is 3. The van der Waals surface area contributed by atoms with Crippen molar-refractivity contribution in [2.45, 2.75) is 19.5 Å². The SMILES string of the molecule is CC(NCc1ccc(C(=O)O)cc1)c1nncn1C. The molecule has 2 N–H and O–H groups in total. The van der Waals surface area contributed by atoms with Gasteiger partial charge in [-0.25, -0.2) is 4.79 Å². The average molecular weight is 260 g/mol. The van der Waals surface area contributed by atoms with E-state index >= 15 is 0 Å². The van der Waals surface area contributed by atoms with E-state index < -0.39 is 5.97 Å². The molecule has 1 aromatic heterocycles. The quantitative estimate of drug-likeness (QED) is 0.848. The fraction of sp³-hybridized carbons (Fsp3) is 0.308. The number of nitrogens with one attached hydrogen (secondary N) is 1. The van der Waals surface area contributed by atoms with Crippen LogP contribution in [0.2, 0.25) is 0 Å². The zero-order valence-corrected chi connectivity index (χ0v) is 10.9. The van der Waals surface area contributed by atoms with Crippen LogP contribution in [0.25, 0.3) is 0 Å². The van der Waals surface area contributed by atoms with E-state index in [-0.39, 0.29) is 6.04 Å². The van der Waals surface area contributed by atoms with Gasteiger partial charge in [0, 0.05) is 13.6 Å². The lowest BCUT2D eigenvalue weighted by molar-refractivity contribution is 0.0697. The number of hydrogen-bond donors (Lipinski definition) is 2. The van der Waals surface area contributed by atoms with E-state index in [1.807, 2.05) is 18.5 Å². The van der Waals surface area contributed by atoms with Gasteiger partial charge in [0.2, 0.25) is 0 Å². The lowest BCUT2D eigenvalue weighted by atomic mass is 10.1. The molecule has 0 fully saturated rings. The second kappa shape index (κ2) is 5.62. The van der Waals surface area contributed by atoms with E-state index in [1.54, 1.807) is 30.6 Å². The van der Waals surface area contributed by atoms with Crippen LogP contribution in [0, 0.1) is 0 Å². The predicted molar refractivity (Wildman–Crippen MR) is 69.7 cm³/mol. The molecular weight excluding hydrogens is 244 g/mol. The van der Waals surface area contributed by atoms with Crippen LogP contribution in [0.3, 0.4) is 0 Å². The molecule has 2 rings (SSSR count). The Morgan fingerprint density at radius 2 is 2.11 bits per heavy atom. The summed E-state index contributed by atoms with van der Waals surface area (Å²) in [7, 11) is 1.90. The average Bonchev–Trinajstić information content (AvgIpc) is 2.83. The van der Waals surface area contributed by atoms with Gasteiger partial charge in [-0.15, -0.1) is 10.2 Å². The first-order valence-electron chi connectivity index (χ1n) is 5.97. The first-order chi connectivity index (χ1) is 9.08. The van der Waals surface area contributed by atoms with Gasteiger partial charge < -0.3 is 15.0 Å². The molecule has 1 aromatic carbocycles. The van der Waals surface area contributed by atoms with E-state index in [0.717, 1.165) is 11.4 Å². The van der Waals surface area contributed by atoms with Crippen molar-refractivity contribution in [3.8, 4) is 0 Å². The highest BCUT2D eigenvalue weighted by atomic mass is 16.4. The molecule has 0 spiro atoms. The Bertz CT molecular complexity index is 562. The number of aromatic carboxylic acids is 1. The minimum Gasteiger partial charge on any atom is -0.478 e. The fourth-order valence-corrected chi connectivity index (χ4v) is 1.81. The molecule has 1 atom stereocenters. The fourth-order valence-electron chi connectivity index (χ4n) is 1.81. The van der Waals surface area contributed by atoms with Crippen LogP contribution >= 0.6 is 0 Å². The molecular formula is C13H16N4O2. The predicted octanol–water partition coefficient (Wildman–Crippen LogP) is 1.36. The van der Waals surface area contributed by atoms with E-state index in [1.165, 1.54) is 0 Å². The number of rotatable bonds is 5. The van der Waals surface area contributed by atoms with Gasteiger partial charge in [-0.2, -0.15) is 0 Å². The summed E-state index contributed by atoms with van der Waals surface area (Å²) in [5.74, 6) is -0.0471. The largest absolute Gasteiger partial charge is 0.478 e. The number of carboxylic acids is 1. The maximum absolute atomic E-state index is 10.7. The number of aromatic nitrogens is 3. The van der Waals surface area contributed by atoms with E-state index in [0.29, 0.717) is 12.1 Å². The van der Waals surface area contributed by atoms with Crippen molar-refractivity contribution in [3.05, 3.63) is 47.5 Å². The summed E-state index contributed by atoms with van der Waals surface area (Å²) in [6, 6.07) is 6.89. The number of carboxylic acid groups (broad SMARTS) is 1. The molecule has 0 aliphatic rings. The van der Waals surface area contributed by atoms with Gasteiger partial charge >= 0.3 is 5.97 Å². The maximum Gasteiger partial charge on any atom is 0.335 e. The molecule has 1 unspecified atom stereocenters. The van der Waals surface area contributed by atoms with Crippen LogP contribution in [-0.2, 0) is 13.6 Å². The van der Waals surface area contributed by atoms with E-state index in [9.17, 15) is 4.79 Å². The van der Waals surface area contributed by atoms with Crippen molar-refractivity contribution in [2.75, 3.05) is 0 Å². The van der Waals surface area contributed by atoms with Gasteiger partial charge in [-0.3, -0.25) is 0 Å². The van der Waals surface area contributed by atoms with Gasteiger partial charge in [0.1, 0.15) is 12.2 Å². The highest BCUT2D eigenvalue weighted by Crippen LogP contribution is 2.10. The minimum absolute atomic E-state index is 0.0756. The van der Waals surface area contributed by atoms with Gasteiger partial charge in [-0.1, -0.05) is 12.1 Å². The topological polar surface area (TPSA) is 80.0 Å². The Labute approximate surface area is 111 Å². The van der Waals surface area contributed by atoms with Crippen LogP contribution < -0.4 is 5.32 Å². The summed E-state index contributed by atoms with van der Waals surface area (Å²) in [4.78, 5) is 10.7. The third-order valence-corrected chi connectivity index (χ3v) is 2.95. The molecule has 6 heteroatoms. The third kappa shape index (κ3) is 3.17. The molecule has 1 heterocycles. The van der Waals surface area contributed by atoms with Crippen molar-refractivity contribution in [2.24, 2.45) is 7.05 Å². The molecule has 19 heavy (non-hydrogen) atoms. The van der Waals surface area contributed by atoms with Crippen LogP contribution in [0.15, 0.2) is 30.6 Å². The van der Waals surface area contributed by atoms with E-state index in [2.05, 4.69) is 15.5 Å². The van der Waals surface area contributed by atoms with Crippen molar-refractivity contribution in [1.29, 1.82) is 0 Å². The zero-order chi connectivity index (χ0) is 13.8. The summed E-state index contributed by atoms with van der Waals surface area (Å²) in [5, 5.41) is 20.0. The molecule has 0 saturated carbocycles. The number of aryl methyl sites for hydroxylation is 1. The van der Waals surface area contributed by atoms with Gasteiger partial charge in [0.25, 0.3) is 0 Å². The second-order valence-corrected chi connectivity index (χ2v) is 4.40. The van der Waals surface area contributed by atoms with Gasteiger partial charge in [-0.05, 0) is 24.6 Å². The monoisotopic (exact) mass is 260 g/mol. The Hall–Kier alpha value is -2.21. The molecule has 0 amide bonds. The molecule has 100 valence electrons. The third-order valence-electron chi connectivity index (χ3n) is 2.95. The molecule has 0 aliphatic carbocycles. The number of carbonyl (C=O) groups is 1. The van der Waals surface area contributed by atoms with Crippen molar-refractivity contribution in [1.82, 2.24) is 20.1 Å². The Balaban J connectivity index is 1.95. The van der Waals surface area contributed by atoms with Crippen LogP contribution in [0.5, 0.6) is 0 Å². The lowest BCUT2D eigenvalue weighted by Crippen LogP contribution is -2.21. The normalized spacial score (nSPS) is 12.3. The second-order valence-electron chi connectivity index (χ2n) is 4.40. The zero-order valence-electron chi connectivity index (χ0n) is 10.9. The number of hydrogen-bond acceptors (Lipinski definition) is 4. The van der Waals surface area contributed by atoms with Crippen molar-refractivity contribution >= 4 is 5.97 Å². The molecule has 2 aromatic rings. The minimum atomic E-state index is -0.910. The highest BCUT2D eigenvalue weighted by molar-refractivity contribution is 5.87. The lowest BCUT2D eigenvalue weighted by Gasteiger charge is -2.12. The summed E-state index contributed by atoms with van der Waals surface area (Å²) in [6.45, 7) is 2.66.